The second-order valence-electron chi connectivity index (χ2n) is 9.11. The summed E-state index contributed by atoms with van der Waals surface area (Å²) < 4.78 is 0. The van der Waals surface area contributed by atoms with Crippen LogP contribution in [0, 0.1) is 0 Å². The summed E-state index contributed by atoms with van der Waals surface area (Å²) in [6.45, 7) is 0.983. The van der Waals surface area contributed by atoms with E-state index in [0.29, 0.717) is 10.7 Å². The number of carbonyl (C=O) groups is 1. The summed E-state index contributed by atoms with van der Waals surface area (Å²) in [7, 11) is 4.09. The highest BCUT2D eigenvalue weighted by Crippen LogP contribution is 2.28. The van der Waals surface area contributed by atoms with Gasteiger partial charge in [-0.3, -0.25) is 0 Å². The van der Waals surface area contributed by atoms with Crippen molar-refractivity contribution >= 4 is 29.0 Å². The van der Waals surface area contributed by atoms with E-state index >= 15 is 0 Å². The molecule has 3 aromatic carbocycles. The molecule has 1 unspecified atom stereocenters. The van der Waals surface area contributed by atoms with Crippen LogP contribution in [0.5, 0.6) is 0 Å². The molecule has 7 nitrogen and oxygen atoms in total. The molecule has 1 fully saturated rings. The molecule has 0 aliphatic carbocycles. The van der Waals surface area contributed by atoms with Gasteiger partial charge in [-0.1, -0.05) is 48.0 Å². The van der Waals surface area contributed by atoms with Crippen LogP contribution < -0.4 is 10.6 Å². The van der Waals surface area contributed by atoms with Gasteiger partial charge >= 0.3 is 6.03 Å². The first kappa shape index (κ1) is 25.0. The highest BCUT2D eigenvalue weighted by Gasteiger charge is 2.38. The van der Waals surface area contributed by atoms with Crippen molar-refractivity contribution in [3.05, 3.63) is 83.4 Å². The summed E-state index contributed by atoms with van der Waals surface area (Å²) >= 11 is 5.91. The lowest BCUT2D eigenvalue weighted by molar-refractivity contribution is 0.109. The number of nitrogens with zero attached hydrogens (tertiary/aromatic N) is 2. The Morgan fingerprint density at radius 3 is 2.40 bits per heavy atom. The maximum absolute atomic E-state index is 12.9. The molecule has 3 aromatic rings. The average molecular weight is 495 g/mol. The van der Waals surface area contributed by atoms with Crippen molar-refractivity contribution in [2.24, 2.45) is 0 Å². The molecule has 1 saturated heterocycles. The van der Waals surface area contributed by atoms with Crippen LogP contribution in [-0.2, 0) is 6.54 Å². The van der Waals surface area contributed by atoms with Crippen molar-refractivity contribution in [3.63, 3.8) is 0 Å². The van der Waals surface area contributed by atoms with Gasteiger partial charge in [0.15, 0.2) is 0 Å². The minimum atomic E-state index is -1.05. The van der Waals surface area contributed by atoms with Gasteiger partial charge in [0.2, 0.25) is 0 Å². The summed E-state index contributed by atoms with van der Waals surface area (Å²) in [5.74, 6) is 0. The van der Waals surface area contributed by atoms with Crippen molar-refractivity contribution in [1.82, 2.24) is 9.80 Å². The van der Waals surface area contributed by atoms with Crippen LogP contribution >= 0.6 is 11.6 Å². The zero-order valence-corrected chi connectivity index (χ0v) is 20.6. The molecule has 3 atom stereocenters. The largest absolute Gasteiger partial charge is 0.391 e. The number of amides is 2. The molecule has 4 rings (SSSR count). The number of nitrogens with one attached hydrogen (secondary N) is 2. The van der Waals surface area contributed by atoms with Gasteiger partial charge in [0.05, 0.1) is 12.1 Å². The number of aliphatic hydroxyl groups is 2. The molecule has 0 bridgehead atoms. The zero-order chi connectivity index (χ0) is 24.9. The minimum absolute atomic E-state index is 0.143. The second-order valence-corrected chi connectivity index (χ2v) is 9.54. The van der Waals surface area contributed by atoms with E-state index in [1.165, 1.54) is 10.5 Å². The van der Waals surface area contributed by atoms with E-state index in [-0.39, 0.29) is 19.0 Å². The van der Waals surface area contributed by atoms with E-state index in [1.54, 1.807) is 24.3 Å². The van der Waals surface area contributed by atoms with Crippen LogP contribution in [0.25, 0.3) is 11.1 Å². The highest BCUT2D eigenvalue weighted by atomic mass is 35.5. The molecular formula is C27H31ClN4O3. The Morgan fingerprint density at radius 2 is 1.71 bits per heavy atom. The average Bonchev–Trinajstić information content (AvgIpc) is 3.23. The van der Waals surface area contributed by atoms with Crippen molar-refractivity contribution in [3.8, 4) is 11.1 Å². The van der Waals surface area contributed by atoms with E-state index in [1.807, 2.05) is 50.5 Å². The smallest absolute Gasteiger partial charge is 0.322 e. The van der Waals surface area contributed by atoms with Gasteiger partial charge in [-0.2, -0.15) is 0 Å². The van der Waals surface area contributed by atoms with Crippen LogP contribution in [0.2, 0.25) is 5.02 Å². The Morgan fingerprint density at radius 1 is 1.06 bits per heavy atom. The summed E-state index contributed by atoms with van der Waals surface area (Å²) in [6.07, 6.45) is -1.48. The molecule has 1 aliphatic rings. The number of rotatable bonds is 7. The lowest BCUT2D eigenvalue weighted by atomic mass is 9.99. The van der Waals surface area contributed by atoms with Gasteiger partial charge in [-0.05, 0) is 73.6 Å². The van der Waals surface area contributed by atoms with E-state index in [0.717, 1.165) is 23.4 Å². The third-order valence-electron chi connectivity index (χ3n) is 6.06. The van der Waals surface area contributed by atoms with Gasteiger partial charge in [-0.25, -0.2) is 4.79 Å². The fourth-order valence-corrected chi connectivity index (χ4v) is 4.52. The molecule has 2 amide bonds. The van der Waals surface area contributed by atoms with Gasteiger partial charge in [-0.15, -0.1) is 0 Å². The number of likely N-dealkylation sites (tertiary alicyclic amines) is 1. The quantitative estimate of drug-likeness (QED) is 0.364. The topological polar surface area (TPSA) is 88.1 Å². The minimum Gasteiger partial charge on any atom is -0.391 e. The molecule has 8 heteroatoms. The predicted molar refractivity (Wildman–Crippen MR) is 140 cm³/mol. The number of hydrogen-bond acceptors (Lipinski definition) is 5. The third kappa shape index (κ3) is 6.32. The monoisotopic (exact) mass is 494 g/mol. The van der Waals surface area contributed by atoms with Gasteiger partial charge in [0, 0.05) is 29.5 Å². The van der Waals surface area contributed by atoms with Crippen molar-refractivity contribution in [2.45, 2.75) is 31.3 Å². The molecule has 0 aromatic heterocycles. The molecule has 1 aliphatic heterocycles. The SMILES string of the molecule is CN(C)Cc1ccccc1-c1ccc(NC(O)[C@H]2C[C@@H](O)CN2C(=O)Nc2ccc(Cl)cc2)cc1. The number of hydrogen-bond donors (Lipinski definition) is 4. The Balaban J connectivity index is 1.43. The number of β-amino-alcohol motifs (C(OH)–C–C–N with tert-alkyl or cyclic N) is 1. The number of carbonyl (C=O) groups excluding carboxylic acids is 1. The first-order chi connectivity index (χ1) is 16.8. The molecule has 0 saturated carbocycles. The van der Waals surface area contributed by atoms with E-state index in [2.05, 4.69) is 27.7 Å². The molecule has 0 radical (unpaired) electrons. The third-order valence-corrected chi connectivity index (χ3v) is 6.31. The first-order valence-electron chi connectivity index (χ1n) is 11.6. The maximum atomic E-state index is 12.9. The molecular weight excluding hydrogens is 464 g/mol. The van der Waals surface area contributed by atoms with Gasteiger partial charge in [0.25, 0.3) is 0 Å². The van der Waals surface area contributed by atoms with E-state index in [4.69, 9.17) is 11.6 Å². The molecule has 35 heavy (non-hydrogen) atoms. The number of anilines is 2. The number of urea groups is 1. The Bertz CT molecular complexity index is 1140. The Hall–Kier alpha value is -3.10. The van der Waals surface area contributed by atoms with E-state index < -0.39 is 18.4 Å². The lowest BCUT2D eigenvalue weighted by Crippen LogP contribution is -2.47. The van der Waals surface area contributed by atoms with E-state index in [9.17, 15) is 15.0 Å². The molecule has 1 heterocycles. The van der Waals surface area contributed by atoms with Crippen LogP contribution in [0.1, 0.15) is 12.0 Å². The number of benzene rings is 3. The van der Waals surface area contributed by atoms with Crippen LogP contribution in [0.4, 0.5) is 16.2 Å². The van der Waals surface area contributed by atoms with Crippen LogP contribution in [0.15, 0.2) is 72.8 Å². The lowest BCUT2D eigenvalue weighted by Gasteiger charge is -2.29. The van der Waals surface area contributed by atoms with Crippen molar-refractivity contribution in [1.29, 1.82) is 0 Å². The molecule has 4 N–H and O–H groups in total. The Kier molecular flexibility index (Phi) is 7.93. The summed E-state index contributed by atoms with van der Waals surface area (Å²) in [5, 5.41) is 27.6. The summed E-state index contributed by atoms with van der Waals surface area (Å²) in [4.78, 5) is 16.4. The Labute approximate surface area is 210 Å². The molecule has 0 spiro atoms. The fourth-order valence-electron chi connectivity index (χ4n) is 4.40. The number of aliphatic hydroxyl groups excluding tert-OH is 2. The maximum Gasteiger partial charge on any atom is 0.322 e. The first-order valence-corrected chi connectivity index (χ1v) is 12.0. The highest BCUT2D eigenvalue weighted by molar-refractivity contribution is 6.30. The normalized spacial score (nSPS) is 18.5. The van der Waals surface area contributed by atoms with Gasteiger partial charge < -0.3 is 30.6 Å². The van der Waals surface area contributed by atoms with Crippen molar-refractivity contribution < 1.29 is 15.0 Å². The fraction of sp³-hybridized carbons (Fsp3) is 0.296. The van der Waals surface area contributed by atoms with Crippen LogP contribution in [0.3, 0.4) is 0 Å². The standard InChI is InChI=1S/C27H31ClN4O3/c1-31(2)16-19-5-3-4-6-24(19)18-7-11-21(12-8-18)29-26(34)25-15-23(33)17-32(25)27(35)30-22-13-9-20(28)10-14-22/h3-14,23,25-26,29,33-34H,15-17H2,1-2H3,(H,30,35)/t23-,25-,26?/m1/s1. The number of halogens is 1. The van der Waals surface area contributed by atoms with Gasteiger partial charge in [0.1, 0.15) is 6.23 Å². The van der Waals surface area contributed by atoms with Crippen molar-refractivity contribution in [2.75, 3.05) is 31.3 Å². The second kappa shape index (κ2) is 11.1. The predicted octanol–water partition coefficient (Wildman–Crippen LogP) is 4.47. The zero-order valence-electron chi connectivity index (χ0n) is 19.9. The molecule has 184 valence electrons. The summed E-state index contributed by atoms with van der Waals surface area (Å²) in [5.41, 5.74) is 4.80. The van der Waals surface area contributed by atoms with Crippen LogP contribution in [-0.4, -0.2) is 65.1 Å². The summed E-state index contributed by atoms with van der Waals surface area (Å²) in [6, 6.07) is 22.0.